The molecule has 2 rings (SSSR count). The van der Waals surface area contributed by atoms with Crippen LogP contribution in [-0.2, 0) is 0 Å². The van der Waals surface area contributed by atoms with Crippen molar-refractivity contribution >= 4 is 6.02 Å². The van der Waals surface area contributed by atoms with Crippen LogP contribution in [0.15, 0.2) is 59.6 Å². The Hall–Kier alpha value is -3.07. The van der Waals surface area contributed by atoms with Crippen molar-refractivity contribution in [1.82, 2.24) is 5.06 Å². The molecule has 5 nitrogen and oxygen atoms in total. The van der Waals surface area contributed by atoms with Crippen LogP contribution in [0.4, 0.5) is 4.39 Å². The van der Waals surface area contributed by atoms with E-state index in [2.05, 4.69) is 4.99 Å². The third-order valence-electron chi connectivity index (χ3n) is 2.63. The van der Waals surface area contributed by atoms with Gasteiger partial charge in [-0.05, 0) is 43.3 Å². The Morgan fingerprint density at radius 2 is 1.82 bits per heavy atom. The number of ether oxygens (including phenoxy) is 1. The molecule has 6 heteroatoms. The van der Waals surface area contributed by atoms with Crippen LogP contribution < -0.4 is 9.57 Å². The summed E-state index contributed by atoms with van der Waals surface area (Å²) in [5.41, 5.74) is 0. The lowest BCUT2D eigenvalue weighted by molar-refractivity contribution is 0.00672. The van der Waals surface area contributed by atoms with Gasteiger partial charge >= 0.3 is 6.02 Å². The number of aliphatic imine (C=N–C) groups is 1. The summed E-state index contributed by atoms with van der Waals surface area (Å²) >= 11 is 0. The number of hydrogen-bond acceptors (Lipinski definition) is 4. The number of para-hydroxylation sites is 1. The minimum Gasteiger partial charge on any atom is -0.423 e. The molecule has 0 atom stereocenters. The molecule has 0 fully saturated rings. The average molecular weight is 299 g/mol. The lowest BCUT2D eigenvalue weighted by atomic mass is 10.3. The Morgan fingerprint density at radius 3 is 2.41 bits per heavy atom. The Kier molecular flexibility index (Phi) is 5.32. The molecule has 112 valence electrons. The largest absolute Gasteiger partial charge is 0.423 e. The fourth-order valence-electron chi connectivity index (χ4n) is 1.63. The first-order chi connectivity index (χ1) is 10.7. The highest BCUT2D eigenvalue weighted by atomic mass is 19.1. The summed E-state index contributed by atoms with van der Waals surface area (Å²) in [5.74, 6) is 0.574. The minimum atomic E-state index is -0.359. The first-order valence-electron chi connectivity index (χ1n) is 6.63. The highest BCUT2D eigenvalue weighted by Gasteiger charge is 2.15. The Bertz CT molecular complexity index is 666. The van der Waals surface area contributed by atoms with Gasteiger partial charge in [-0.1, -0.05) is 18.2 Å². The van der Waals surface area contributed by atoms with Gasteiger partial charge in [0.15, 0.2) is 5.75 Å². The molecular formula is C16H14FN3O2. The van der Waals surface area contributed by atoms with Crippen molar-refractivity contribution in [3.05, 3.63) is 60.4 Å². The molecule has 0 spiro atoms. The van der Waals surface area contributed by atoms with Crippen LogP contribution in [0.1, 0.15) is 6.92 Å². The zero-order valence-electron chi connectivity index (χ0n) is 11.9. The standard InChI is InChI=1S/C16H14FN3O2/c1-2-20(22-15-10-8-13(17)9-11-15)16(19-12-18)21-14-6-4-3-5-7-14/h3-11H,2H2,1H3. The van der Waals surface area contributed by atoms with Gasteiger partial charge in [-0.15, -0.1) is 4.99 Å². The highest BCUT2D eigenvalue weighted by molar-refractivity contribution is 5.76. The summed E-state index contributed by atoms with van der Waals surface area (Å²) in [7, 11) is 0. The topological polar surface area (TPSA) is 57.8 Å². The van der Waals surface area contributed by atoms with Gasteiger partial charge in [0.1, 0.15) is 11.6 Å². The second kappa shape index (κ2) is 7.64. The lowest BCUT2D eigenvalue weighted by Gasteiger charge is -2.22. The number of benzene rings is 2. The zero-order chi connectivity index (χ0) is 15.8. The summed E-state index contributed by atoms with van der Waals surface area (Å²) in [5, 5.41) is 10.1. The Morgan fingerprint density at radius 1 is 1.14 bits per heavy atom. The fraction of sp³-hybridized carbons (Fsp3) is 0.125. The van der Waals surface area contributed by atoms with E-state index in [1.165, 1.54) is 29.3 Å². The Labute approximate surface area is 127 Å². The Balaban J connectivity index is 2.16. The van der Waals surface area contributed by atoms with Gasteiger partial charge in [0.2, 0.25) is 6.19 Å². The van der Waals surface area contributed by atoms with E-state index < -0.39 is 0 Å². The number of hydroxylamine groups is 2. The van der Waals surface area contributed by atoms with Crippen molar-refractivity contribution in [2.24, 2.45) is 4.99 Å². The number of nitriles is 1. The molecule has 0 aliphatic carbocycles. The van der Waals surface area contributed by atoms with Gasteiger partial charge in [0.05, 0.1) is 6.54 Å². The van der Waals surface area contributed by atoms with E-state index in [-0.39, 0.29) is 11.8 Å². The van der Waals surface area contributed by atoms with E-state index in [0.717, 1.165) is 0 Å². The van der Waals surface area contributed by atoms with E-state index in [0.29, 0.717) is 18.0 Å². The van der Waals surface area contributed by atoms with E-state index >= 15 is 0 Å². The fourth-order valence-corrected chi connectivity index (χ4v) is 1.63. The molecule has 22 heavy (non-hydrogen) atoms. The van der Waals surface area contributed by atoms with Gasteiger partial charge in [0, 0.05) is 0 Å². The van der Waals surface area contributed by atoms with Crippen molar-refractivity contribution in [1.29, 1.82) is 5.26 Å². The normalized spacial score (nSPS) is 10.7. The van der Waals surface area contributed by atoms with E-state index in [1.54, 1.807) is 30.5 Å². The molecule has 0 amide bonds. The predicted octanol–water partition coefficient (Wildman–Crippen LogP) is 3.36. The quantitative estimate of drug-likeness (QED) is 0.376. The molecule has 0 aliphatic rings. The van der Waals surface area contributed by atoms with Crippen LogP contribution in [-0.4, -0.2) is 17.6 Å². The van der Waals surface area contributed by atoms with Crippen LogP contribution in [0.3, 0.4) is 0 Å². The maximum absolute atomic E-state index is 12.9. The molecule has 0 N–H and O–H groups in total. The number of amidine groups is 1. The third-order valence-corrected chi connectivity index (χ3v) is 2.63. The molecule has 0 radical (unpaired) electrons. The molecule has 2 aromatic carbocycles. The number of hydrogen-bond donors (Lipinski definition) is 0. The maximum Gasteiger partial charge on any atom is 0.342 e. The van der Waals surface area contributed by atoms with Crippen molar-refractivity contribution in [3.8, 4) is 17.7 Å². The average Bonchev–Trinajstić information content (AvgIpc) is 2.55. The SMILES string of the molecule is CCN(Oc1ccc(F)cc1)C(=NC#N)Oc1ccccc1. The predicted molar refractivity (Wildman–Crippen MR) is 79.5 cm³/mol. The second-order valence-electron chi connectivity index (χ2n) is 4.15. The van der Waals surface area contributed by atoms with E-state index in [9.17, 15) is 4.39 Å². The van der Waals surface area contributed by atoms with Crippen LogP contribution in [0.2, 0.25) is 0 Å². The van der Waals surface area contributed by atoms with Crippen molar-refractivity contribution < 1.29 is 14.0 Å². The molecule has 0 unspecified atom stereocenters. The van der Waals surface area contributed by atoms with Crippen LogP contribution in [0.25, 0.3) is 0 Å². The van der Waals surface area contributed by atoms with Crippen LogP contribution >= 0.6 is 0 Å². The lowest BCUT2D eigenvalue weighted by Crippen LogP contribution is -2.37. The van der Waals surface area contributed by atoms with Gasteiger partial charge in [-0.2, -0.15) is 10.3 Å². The molecule has 2 aromatic rings. The minimum absolute atomic E-state index is 0.000486. The van der Waals surface area contributed by atoms with Gasteiger partial charge in [-0.25, -0.2) is 4.39 Å². The molecule has 0 aromatic heterocycles. The molecule has 0 saturated carbocycles. The van der Waals surface area contributed by atoms with E-state index in [1.807, 2.05) is 13.0 Å². The smallest absolute Gasteiger partial charge is 0.342 e. The summed E-state index contributed by atoms with van der Waals surface area (Å²) < 4.78 is 18.5. The summed E-state index contributed by atoms with van der Waals surface area (Å²) in [4.78, 5) is 9.20. The number of rotatable bonds is 4. The summed E-state index contributed by atoms with van der Waals surface area (Å²) in [6, 6.07) is 14.4. The monoisotopic (exact) mass is 299 g/mol. The summed E-state index contributed by atoms with van der Waals surface area (Å²) in [6.45, 7) is 2.19. The van der Waals surface area contributed by atoms with Gasteiger partial charge in [-0.3, -0.25) is 0 Å². The highest BCUT2D eigenvalue weighted by Crippen LogP contribution is 2.15. The zero-order valence-corrected chi connectivity index (χ0v) is 11.9. The molecular weight excluding hydrogens is 285 g/mol. The van der Waals surface area contributed by atoms with Crippen LogP contribution in [0.5, 0.6) is 11.5 Å². The molecule has 0 heterocycles. The molecule has 0 bridgehead atoms. The van der Waals surface area contributed by atoms with Gasteiger partial charge < -0.3 is 9.57 Å². The van der Waals surface area contributed by atoms with Crippen molar-refractivity contribution in [3.63, 3.8) is 0 Å². The second-order valence-corrected chi connectivity index (χ2v) is 4.15. The molecule has 0 aliphatic heterocycles. The van der Waals surface area contributed by atoms with E-state index in [4.69, 9.17) is 14.8 Å². The van der Waals surface area contributed by atoms with Gasteiger partial charge in [0.25, 0.3) is 0 Å². The molecule has 0 saturated heterocycles. The number of nitrogens with zero attached hydrogens (tertiary/aromatic N) is 3. The van der Waals surface area contributed by atoms with Crippen LogP contribution in [0, 0.1) is 17.3 Å². The first kappa shape index (κ1) is 15.3. The maximum atomic E-state index is 12.9. The van der Waals surface area contributed by atoms with Crippen molar-refractivity contribution in [2.45, 2.75) is 6.92 Å². The number of halogens is 1. The third kappa shape index (κ3) is 4.21. The van der Waals surface area contributed by atoms with Crippen molar-refractivity contribution in [2.75, 3.05) is 6.54 Å². The summed E-state index contributed by atoms with van der Waals surface area (Å²) in [6.07, 6.45) is 1.68. The first-order valence-corrected chi connectivity index (χ1v) is 6.63.